The molecule has 2 aromatic carbocycles. The minimum atomic E-state index is -1.26. The van der Waals surface area contributed by atoms with Crippen LogP contribution in [0.5, 0.6) is 17.2 Å². The van der Waals surface area contributed by atoms with Gasteiger partial charge in [-0.2, -0.15) is 0 Å². The Morgan fingerprint density at radius 2 is 1.61 bits per heavy atom. The fourth-order valence-corrected chi connectivity index (χ4v) is 3.07. The molecule has 3 rings (SSSR count). The van der Waals surface area contributed by atoms with Gasteiger partial charge in [0.1, 0.15) is 11.9 Å². The Morgan fingerprint density at radius 1 is 1.03 bits per heavy atom. The van der Waals surface area contributed by atoms with E-state index in [-0.39, 0.29) is 6.10 Å². The zero-order valence-corrected chi connectivity index (χ0v) is 17.9. The second-order valence-corrected chi connectivity index (χ2v) is 6.87. The van der Waals surface area contributed by atoms with Crippen molar-refractivity contribution in [3.05, 3.63) is 64.7 Å². The molecule has 8 nitrogen and oxygen atoms in total. The molecule has 0 fully saturated rings. The van der Waals surface area contributed by atoms with Crippen molar-refractivity contribution in [3.63, 3.8) is 0 Å². The van der Waals surface area contributed by atoms with E-state index in [0.717, 1.165) is 42.3 Å². The van der Waals surface area contributed by atoms with Crippen molar-refractivity contribution in [2.24, 2.45) is 0 Å². The van der Waals surface area contributed by atoms with E-state index in [4.69, 9.17) is 36.0 Å². The van der Waals surface area contributed by atoms with Gasteiger partial charge in [0.2, 0.25) is 0 Å². The molecular weight excluding hydrogens is 426 g/mol. The first kappa shape index (κ1) is 24.0. The summed E-state index contributed by atoms with van der Waals surface area (Å²) in [7, 11) is 3.30. The van der Waals surface area contributed by atoms with Gasteiger partial charge < -0.3 is 29.7 Å². The molecule has 0 aliphatic carbocycles. The van der Waals surface area contributed by atoms with E-state index in [9.17, 15) is 9.59 Å². The molecule has 0 saturated heterocycles. The molecule has 0 bridgehead atoms. The number of nitrogens with one attached hydrogen (secondary N) is 1. The monoisotopic (exact) mass is 449 g/mol. The lowest BCUT2D eigenvalue weighted by atomic mass is 10.00. The highest BCUT2D eigenvalue weighted by Crippen LogP contribution is 2.36. The number of methoxy groups -OCH3 is 2. The van der Waals surface area contributed by atoms with Crippen molar-refractivity contribution < 1.29 is 34.0 Å². The summed E-state index contributed by atoms with van der Waals surface area (Å²) in [4.78, 5) is 19.1. The van der Waals surface area contributed by atoms with Crippen LogP contribution in [0.2, 0.25) is 5.02 Å². The summed E-state index contributed by atoms with van der Waals surface area (Å²) in [5.74, 6) is -0.250. The zero-order valence-electron chi connectivity index (χ0n) is 17.1. The molecule has 1 unspecified atom stereocenters. The van der Waals surface area contributed by atoms with Gasteiger partial charge in [0.15, 0.2) is 11.5 Å². The van der Waals surface area contributed by atoms with Gasteiger partial charge >= 0.3 is 11.9 Å². The van der Waals surface area contributed by atoms with E-state index in [1.165, 1.54) is 5.56 Å². The predicted octanol–water partition coefficient (Wildman–Crippen LogP) is 3.33. The molecule has 1 aliphatic rings. The van der Waals surface area contributed by atoms with E-state index in [1.807, 2.05) is 36.4 Å². The second kappa shape index (κ2) is 11.8. The van der Waals surface area contributed by atoms with Crippen LogP contribution in [0.25, 0.3) is 0 Å². The van der Waals surface area contributed by atoms with E-state index < -0.39 is 11.9 Å². The van der Waals surface area contributed by atoms with Crippen molar-refractivity contribution in [1.82, 2.24) is 5.32 Å². The number of aliphatic carboxylic acids is 2. The molecule has 9 heteroatoms. The fourth-order valence-electron chi connectivity index (χ4n) is 2.94. The Kier molecular flexibility index (Phi) is 9.17. The van der Waals surface area contributed by atoms with Crippen molar-refractivity contribution in [2.45, 2.75) is 12.5 Å². The summed E-state index contributed by atoms with van der Waals surface area (Å²) in [6, 6.07) is 11.5. The summed E-state index contributed by atoms with van der Waals surface area (Å²) in [5.41, 5.74) is 2.34. The number of hydrogen-bond donors (Lipinski definition) is 3. The molecular formula is C22H24ClNO7. The van der Waals surface area contributed by atoms with Gasteiger partial charge in [-0.05, 0) is 54.9 Å². The predicted molar refractivity (Wildman–Crippen MR) is 115 cm³/mol. The molecule has 0 amide bonds. The lowest BCUT2D eigenvalue weighted by Gasteiger charge is -2.21. The second-order valence-electron chi connectivity index (χ2n) is 6.43. The lowest BCUT2D eigenvalue weighted by Crippen LogP contribution is -2.23. The normalized spacial score (nSPS) is 15.1. The first-order valence-electron chi connectivity index (χ1n) is 9.35. The number of carboxylic acid groups (broad SMARTS) is 2. The first-order chi connectivity index (χ1) is 14.8. The summed E-state index contributed by atoms with van der Waals surface area (Å²) in [6.07, 6.45) is 1.95. The SMILES string of the molecule is COc1cc2c(cc1OC)C(Oc1ccc(Cl)cc1)CNCC2.O=C(O)C=CC(=O)O. The number of benzene rings is 2. The van der Waals surface area contributed by atoms with Crippen molar-refractivity contribution >= 4 is 23.5 Å². The maximum absolute atomic E-state index is 9.55. The average molecular weight is 450 g/mol. The Bertz CT molecular complexity index is 912. The third-order valence-corrected chi connectivity index (χ3v) is 4.61. The molecule has 0 saturated carbocycles. The maximum Gasteiger partial charge on any atom is 0.328 e. The van der Waals surface area contributed by atoms with Crippen LogP contribution in [0.1, 0.15) is 17.2 Å². The van der Waals surface area contributed by atoms with E-state index in [1.54, 1.807) is 14.2 Å². The van der Waals surface area contributed by atoms with Crippen LogP contribution in [0, 0.1) is 0 Å². The number of fused-ring (bicyclic) bond motifs is 1. The highest BCUT2D eigenvalue weighted by molar-refractivity contribution is 6.30. The first-order valence-corrected chi connectivity index (χ1v) is 9.73. The van der Waals surface area contributed by atoms with Crippen molar-refractivity contribution in [1.29, 1.82) is 0 Å². The van der Waals surface area contributed by atoms with Crippen LogP contribution in [0.4, 0.5) is 0 Å². The Morgan fingerprint density at radius 3 is 2.16 bits per heavy atom. The highest BCUT2D eigenvalue weighted by Gasteiger charge is 2.23. The van der Waals surface area contributed by atoms with Crippen LogP contribution in [-0.4, -0.2) is 49.5 Å². The van der Waals surface area contributed by atoms with Crippen LogP contribution in [-0.2, 0) is 16.0 Å². The molecule has 3 N–H and O–H groups in total. The molecule has 1 atom stereocenters. The maximum atomic E-state index is 9.55. The summed E-state index contributed by atoms with van der Waals surface area (Å²) in [5, 5.41) is 19.7. The van der Waals surface area contributed by atoms with Crippen LogP contribution in [0.3, 0.4) is 0 Å². The minimum Gasteiger partial charge on any atom is -0.493 e. The largest absolute Gasteiger partial charge is 0.493 e. The number of carboxylic acids is 2. The molecule has 31 heavy (non-hydrogen) atoms. The van der Waals surface area contributed by atoms with Gasteiger partial charge in [0.25, 0.3) is 0 Å². The molecule has 0 aromatic heterocycles. The van der Waals surface area contributed by atoms with E-state index in [2.05, 4.69) is 5.32 Å². The standard InChI is InChI=1S/C18H20ClNO3.C4H4O4/c1-21-16-9-12-7-8-20-11-18(15(12)10-17(16)22-2)23-14-5-3-13(19)4-6-14;5-3(6)1-2-4(7)8/h3-6,9-10,18,20H,7-8,11H2,1-2H3;1-2H,(H,5,6)(H,7,8). The number of halogens is 1. The van der Waals surface area contributed by atoms with Gasteiger partial charge in [-0.1, -0.05) is 11.6 Å². The molecule has 1 aliphatic heterocycles. The van der Waals surface area contributed by atoms with Gasteiger partial charge in [-0.3, -0.25) is 0 Å². The van der Waals surface area contributed by atoms with E-state index in [0.29, 0.717) is 17.2 Å². The lowest BCUT2D eigenvalue weighted by molar-refractivity contribution is -0.134. The third-order valence-electron chi connectivity index (χ3n) is 4.35. The Balaban J connectivity index is 0.000000366. The minimum absolute atomic E-state index is 0.0894. The zero-order chi connectivity index (χ0) is 22.8. The smallest absolute Gasteiger partial charge is 0.328 e. The molecule has 0 spiro atoms. The van der Waals surface area contributed by atoms with Gasteiger partial charge in [0, 0.05) is 29.3 Å². The summed E-state index contributed by atoms with van der Waals surface area (Å²) < 4.78 is 17.0. The Hall–Kier alpha value is -3.23. The molecule has 0 radical (unpaired) electrons. The number of carbonyl (C=O) groups is 2. The van der Waals surface area contributed by atoms with Crippen molar-refractivity contribution in [2.75, 3.05) is 27.3 Å². The topological polar surface area (TPSA) is 114 Å². The number of hydrogen-bond acceptors (Lipinski definition) is 6. The fraction of sp³-hybridized carbons (Fsp3) is 0.273. The van der Waals surface area contributed by atoms with E-state index >= 15 is 0 Å². The highest BCUT2D eigenvalue weighted by atomic mass is 35.5. The van der Waals surface area contributed by atoms with Gasteiger partial charge in [0.05, 0.1) is 14.2 Å². The molecule has 1 heterocycles. The summed E-state index contributed by atoms with van der Waals surface area (Å²) >= 11 is 5.94. The average Bonchev–Trinajstić information content (AvgIpc) is 2.95. The van der Waals surface area contributed by atoms with Gasteiger partial charge in [-0.15, -0.1) is 0 Å². The quantitative estimate of drug-likeness (QED) is 0.575. The Labute approximate surface area is 185 Å². The van der Waals surface area contributed by atoms with Crippen LogP contribution < -0.4 is 19.5 Å². The third kappa shape index (κ3) is 7.51. The molecule has 166 valence electrons. The van der Waals surface area contributed by atoms with Crippen molar-refractivity contribution in [3.8, 4) is 17.2 Å². The van der Waals surface area contributed by atoms with Gasteiger partial charge in [-0.25, -0.2) is 9.59 Å². The number of ether oxygens (including phenoxy) is 3. The molecule has 2 aromatic rings. The summed E-state index contributed by atoms with van der Waals surface area (Å²) in [6.45, 7) is 1.65. The van der Waals surface area contributed by atoms with Crippen LogP contribution in [0.15, 0.2) is 48.6 Å². The van der Waals surface area contributed by atoms with Crippen LogP contribution >= 0.6 is 11.6 Å². The number of rotatable bonds is 6.